The first kappa shape index (κ1) is 9.16. The second kappa shape index (κ2) is 4.20. The predicted octanol–water partition coefficient (Wildman–Crippen LogP) is 2.07. The van der Waals surface area contributed by atoms with Gasteiger partial charge in [-0.25, -0.2) is 0 Å². The summed E-state index contributed by atoms with van der Waals surface area (Å²) in [4.78, 5) is 5.49. The molecule has 72 valence electrons. The van der Waals surface area contributed by atoms with E-state index >= 15 is 0 Å². The Bertz CT molecular complexity index is 241. The molecular formula is C10H16N2S. The van der Waals surface area contributed by atoms with Gasteiger partial charge in [-0.2, -0.15) is 0 Å². The summed E-state index contributed by atoms with van der Waals surface area (Å²) in [5.74, 6) is 0.737. The van der Waals surface area contributed by atoms with Gasteiger partial charge in [-0.05, 0) is 31.7 Å². The highest BCUT2D eigenvalue weighted by Crippen LogP contribution is 2.19. The molecule has 1 aliphatic carbocycles. The van der Waals surface area contributed by atoms with Gasteiger partial charge in [0.2, 0.25) is 0 Å². The smallest absolute Gasteiger partial charge is 0.0794 e. The Morgan fingerprint density at radius 2 is 2.54 bits per heavy atom. The molecule has 2 nitrogen and oxygen atoms in total. The topological polar surface area (TPSA) is 24.9 Å². The average Bonchev–Trinajstić information content (AvgIpc) is 2.82. The molecule has 1 saturated carbocycles. The molecule has 0 saturated heterocycles. The van der Waals surface area contributed by atoms with Crippen molar-refractivity contribution in [1.29, 1.82) is 0 Å². The van der Waals surface area contributed by atoms with E-state index in [4.69, 9.17) is 0 Å². The Kier molecular flexibility index (Phi) is 2.96. The number of thiazole rings is 1. The molecule has 1 unspecified atom stereocenters. The zero-order valence-corrected chi connectivity index (χ0v) is 8.81. The van der Waals surface area contributed by atoms with E-state index < -0.39 is 0 Å². The Labute approximate surface area is 83.4 Å². The van der Waals surface area contributed by atoms with Crippen LogP contribution in [0.4, 0.5) is 0 Å². The Balaban J connectivity index is 1.68. The van der Waals surface area contributed by atoms with E-state index in [0.29, 0.717) is 0 Å². The molecule has 1 fully saturated rings. The molecule has 1 aromatic rings. The number of nitrogens with zero attached hydrogens (tertiary/aromatic N) is 1. The zero-order valence-electron chi connectivity index (χ0n) is 7.99. The number of hydrogen-bond acceptors (Lipinski definition) is 3. The summed E-state index contributed by atoms with van der Waals surface area (Å²) in [6.45, 7) is 3.46. The number of aromatic nitrogens is 1. The minimum Gasteiger partial charge on any atom is -0.314 e. The molecule has 1 heterocycles. The molecule has 0 aromatic carbocycles. The third kappa shape index (κ3) is 3.08. The zero-order chi connectivity index (χ0) is 9.10. The fraction of sp³-hybridized carbons (Fsp3) is 0.700. The molecule has 13 heavy (non-hydrogen) atoms. The van der Waals surface area contributed by atoms with E-state index in [9.17, 15) is 0 Å². The Morgan fingerprint density at radius 1 is 1.69 bits per heavy atom. The molecule has 0 amide bonds. The third-order valence-electron chi connectivity index (χ3n) is 2.37. The van der Waals surface area contributed by atoms with Crippen LogP contribution in [0.15, 0.2) is 11.7 Å². The van der Waals surface area contributed by atoms with Gasteiger partial charge in [0.1, 0.15) is 0 Å². The first-order valence-electron chi connectivity index (χ1n) is 4.95. The van der Waals surface area contributed by atoms with Crippen molar-refractivity contribution in [2.24, 2.45) is 5.92 Å². The first-order valence-corrected chi connectivity index (χ1v) is 5.83. The van der Waals surface area contributed by atoms with E-state index in [1.165, 1.54) is 24.1 Å². The van der Waals surface area contributed by atoms with Crippen molar-refractivity contribution in [3.05, 3.63) is 16.6 Å². The average molecular weight is 196 g/mol. The van der Waals surface area contributed by atoms with Crippen LogP contribution in [-0.4, -0.2) is 17.6 Å². The van der Waals surface area contributed by atoms with Gasteiger partial charge in [0, 0.05) is 17.1 Å². The van der Waals surface area contributed by atoms with Crippen LogP contribution in [0.3, 0.4) is 0 Å². The minimum absolute atomic E-state index is 0.737. The maximum atomic E-state index is 4.08. The molecule has 3 heteroatoms. The van der Waals surface area contributed by atoms with Crippen molar-refractivity contribution in [2.75, 3.05) is 6.54 Å². The molecule has 0 radical (unpaired) electrons. The summed E-state index contributed by atoms with van der Waals surface area (Å²) in [5.41, 5.74) is 1.91. The standard InChI is InChI=1S/C10H16N2S/c1-8(5-12-9-2-3-9)4-10-6-11-7-13-10/h6-9,12H,2-5H2,1H3. The van der Waals surface area contributed by atoms with Gasteiger partial charge in [0.05, 0.1) is 5.51 Å². The lowest BCUT2D eigenvalue weighted by Gasteiger charge is -2.10. The van der Waals surface area contributed by atoms with E-state index in [1.54, 1.807) is 11.3 Å². The van der Waals surface area contributed by atoms with Gasteiger partial charge < -0.3 is 5.32 Å². The lowest BCUT2D eigenvalue weighted by Crippen LogP contribution is -2.24. The maximum absolute atomic E-state index is 4.08. The van der Waals surface area contributed by atoms with Crippen LogP contribution in [0.25, 0.3) is 0 Å². The van der Waals surface area contributed by atoms with E-state index in [1.807, 2.05) is 11.7 Å². The molecule has 0 spiro atoms. The van der Waals surface area contributed by atoms with Crippen LogP contribution in [0.1, 0.15) is 24.6 Å². The number of nitrogens with one attached hydrogen (secondary N) is 1. The Hall–Kier alpha value is -0.410. The molecule has 1 aromatic heterocycles. The van der Waals surface area contributed by atoms with Crippen LogP contribution in [0, 0.1) is 5.92 Å². The van der Waals surface area contributed by atoms with E-state index in [-0.39, 0.29) is 0 Å². The largest absolute Gasteiger partial charge is 0.314 e. The highest BCUT2D eigenvalue weighted by molar-refractivity contribution is 7.09. The fourth-order valence-electron chi connectivity index (χ4n) is 1.41. The monoisotopic (exact) mass is 196 g/mol. The van der Waals surface area contributed by atoms with Crippen molar-refractivity contribution in [3.8, 4) is 0 Å². The lowest BCUT2D eigenvalue weighted by atomic mass is 10.1. The minimum atomic E-state index is 0.737. The maximum Gasteiger partial charge on any atom is 0.0794 e. The fourth-order valence-corrected chi connectivity index (χ4v) is 2.17. The molecular weight excluding hydrogens is 180 g/mol. The van der Waals surface area contributed by atoms with Gasteiger partial charge in [-0.3, -0.25) is 4.98 Å². The van der Waals surface area contributed by atoms with Crippen LogP contribution >= 0.6 is 11.3 Å². The van der Waals surface area contributed by atoms with Gasteiger partial charge in [-0.1, -0.05) is 6.92 Å². The van der Waals surface area contributed by atoms with Crippen molar-refractivity contribution in [1.82, 2.24) is 10.3 Å². The normalized spacial score (nSPS) is 18.8. The summed E-state index contributed by atoms with van der Waals surface area (Å²) in [6.07, 6.45) is 5.92. The van der Waals surface area contributed by atoms with Crippen LogP contribution in [0.2, 0.25) is 0 Å². The van der Waals surface area contributed by atoms with Crippen LogP contribution < -0.4 is 5.32 Å². The second-order valence-corrected chi connectivity index (χ2v) is 4.93. The van der Waals surface area contributed by atoms with Crippen molar-refractivity contribution in [2.45, 2.75) is 32.2 Å². The highest BCUT2D eigenvalue weighted by atomic mass is 32.1. The van der Waals surface area contributed by atoms with Crippen molar-refractivity contribution in [3.63, 3.8) is 0 Å². The second-order valence-electron chi connectivity index (χ2n) is 3.96. The van der Waals surface area contributed by atoms with Gasteiger partial charge in [-0.15, -0.1) is 11.3 Å². The molecule has 1 N–H and O–H groups in total. The molecule has 1 aliphatic rings. The molecule has 0 aliphatic heterocycles. The summed E-state index contributed by atoms with van der Waals surface area (Å²) in [5, 5.41) is 3.55. The van der Waals surface area contributed by atoms with E-state index in [2.05, 4.69) is 17.2 Å². The summed E-state index contributed by atoms with van der Waals surface area (Å²) in [6, 6.07) is 0.837. The van der Waals surface area contributed by atoms with Gasteiger partial charge in [0.15, 0.2) is 0 Å². The lowest BCUT2D eigenvalue weighted by molar-refractivity contribution is 0.512. The summed E-state index contributed by atoms with van der Waals surface area (Å²) >= 11 is 1.76. The first-order chi connectivity index (χ1) is 6.34. The SMILES string of the molecule is CC(CNC1CC1)Cc1cncs1. The molecule has 0 bridgehead atoms. The number of rotatable bonds is 5. The third-order valence-corrected chi connectivity index (χ3v) is 3.17. The van der Waals surface area contributed by atoms with Gasteiger partial charge in [0.25, 0.3) is 0 Å². The van der Waals surface area contributed by atoms with Crippen LogP contribution in [0.5, 0.6) is 0 Å². The van der Waals surface area contributed by atoms with Crippen molar-refractivity contribution >= 4 is 11.3 Å². The van der Waals surface area contributed by atoms with Gasteiger partial charge >= 0.3 is 0 Å². The predicted molar refractivity (Wildman–Crippen MR) is 56.0 cm³/mol. The summed E-state index contributed by atoms with van der Waals surface area (Å²) in [7, 11) is 0. The van der Waals surface area contributed by atoms with Crippen LogP contribution in [-0.2, 0) is 6.42 Å². The highest BCUT2D eigenvalue weighted by Gasteiger charge is 2.20. The Morgan fingerprint density at radius 3 is 3.15 bits per heavy atom. The molecule has 2 rings (SSSR count). The van der Waals surface area contributed by atoms with Crippen molar-refractivity contribution < 1.29 is 0 Å². The quantitative estimate of drug-likeness (QED) is 0.780. The molecule has 1 atom stereocenters. The number of hydrogen-bond donors (Lipinski definition) is 1. The summed E-state index contributed by atoms with van der Waals surface area (Å²) < 4.78 is 0. The van der Waals surface area contributed by atoms with E-state index in [0.717, 1.165) is 18.5 Å².